The first-order valence-electron chi connectivity index (χ1n) is 10.4. The van der Waals surface area contributed by atoms with E-state index >= 15 is 0 Å². The third kappa shape index (κ3) is 3.88. The maximum Gasteiger partial charge on any atom is 0.270 e. The quantitative estimate of drug-likeness (QED) is 0.322. The molecule has 0 bridgehead atoms. The van der Waals surface area contributed by atoms with Gasteiger partial charge in [-0.05, 0) is 83.0 Å². The van der Waals surface area contributed by atoms with Crippen molar-refractivity contribution in [2.45, 2.75) is 22.6 Å². The number of hydrogen-bond donors (Lipinski definition) is 0. The Balaban J connectivity index is 1.59. The van der Waals surface area contributed by atoms with E-state index in [1.807, 2.05) is 28.7 Å². The van der Waals surface area contributed by atoms with Gasteiger partial charge in [0, 0.05) is 24.7 Å². The van der Waals surface area contributed by atoms with Crippen molar-refractivity contribution < 1.29 is 16.8 Å². The zero-order chi connectivity index (χ0) is 23.2. The first-order chi connectivity index (χ1) is 15.8. The highest BCUT2D eigenvalue weighted by Crippen LogP contribution is 2.33. The number of fused-ring (bicyclic) bond motifs is 1. The number of benzene rings is 2. The molecule has 3 heterocycles. The van der Waals surface area contributed by atoms with E-state index in [1.54, 1.807) is 66.9 Å². The molecule has 0 N–H and O–H groups in total. The number of rotatable bonds is 5. The van der Waals surface area contributed by atoms with E-state index in [2.05, 4.69) is 4.98 Å². The normalized spacial score (nSPS) is 15.3. The Bertz CT molecular complexity index is 1540. The van der Waals surface area contributed by atoms with Crippen LogP contribution in [0.25, 0.3) is 22.2 Å². The van der Waals surface area contributed by atoms with Gasteiger partial charge in [0.05, 0.1) is 13.5 Å². The lowest BCUT2D eigenvalue weighted by atomic mass is 10.0. The molecule has 1 aliphatic heterocycles. The van der Waals surface area contributed by atoms with Gasteiger partial charge in [0.25, 0.3) is 10.0 Å². The maximum absolute atomic E-state index is 13.3. The second-order valence-corrected chi connectivity index (χ2v) is 12.6. The second kappa shape index (κ2) is 8.49. The number of sulfonamides is 1. The molecule has 33 heavy (non-hydrogen) atoms. The lowest BCUT2D eigenvalue weighted by Crippen LogP contribution is -2.27. The first-order valence-corrected chi connectivity index (χ1v) is 14.3. The summed E-state index contributed by atoms with van der Waals surface area (Å²) in [6.07, 6.45) is 3.33. The molecule has 170 valence electrons. The molecule has 0 atom stereocenters. The molecule has 7 nitrogen and oxygen atoms in total. The Morgan fingerprint density at radius 3 is 2.09 bits per heavy atom. The minimum Gasteiger partial charge on any atom is -0.237 e. The summed E-state index contributed by atoms with van der Waals surface area (Å²) in [5.74, 6) is 0. The molecule has 0 aliphatic carbocycles. The SMILES string of the molecule is O=S(=O)(c1ccc(-c2ccnc3c2cc(I)n3S(=O)(=O)c2ccccc2)cc1)N1CCCC1. The van der Waals surface area contributed by atoms with Crippen LogP contribution in [0, 0.1) is 3.70 Å². The largest absolute Gasteiger partial charge is 0.270 e. The Labute approximate surface area is 206 Å². The van der Waals surface area contributed by atoms with Crippen molar-refractivity contribution in [3.63, 3.8) is 0 Å². The van der Waals surface area contributed by atoms with Gasteiger partial charge in [-0.25, -0.2) is 25.8 Å². The van der Waals surface area contributed by atoms with Crippen molar-refractivity contribution in [2.24, 2.45) is 0 Å². The van der Waals surface area contributed by atoms with Crippen LogP contribution in [0.15, 0.2) is 82.7 Å². The third-order valence-corrected chi connectivity index (χ3v) is 10.5. The topological polar surface area (TPSA) is 89.3 Å². The molecule has 1 aliphatic rings. The summed E-state index contributed by atoms with van der Waals surface area (Å²) in [7, 11) is -7.32. The van der Waals surface area contributed by atoms with Gasteiger partial charge in [-0.3, -0.25) is 0 Å². The summed E-state index contributed by atoms with van der Waals surface area (Å²) in [6.45, 7) is 1.10. The van der Waals surface area contributed by atoms with Crippen LogP contribution in [-0.4, -0.2) is 43.2 Å². The van der Waals surface area contributed by atoms with Gasteiger partial charge in [0.15, 0.2) is 5.65 Å². The van der Waals surface area contributed by atoms with Crippen LogP contribution in [-0.2, 0) is 20.0 Å². The van der Waals surface area contributed by atoms with Crippen molar-refractivity contribution >= 4 is 53.7 Å². The molecule has 1 saturated heterocycles. The molecule has 2 aromatic heterocycles. The Hall–Kier alpha value is -2.28. The summed E-state index contributed by atoms with van der Waals surface area (Å²) in [5, 5.41) is 0.677. The fraction of sp³-hybridized carbons (Fsp3) is 0.174. The van der Waals surface area contributed by atoms with E-state index in [0.717, 1.165) is 24.0 Å². The molecular weight excluding hydrogens is 573 g/mol. The van der Waals surface area contributed by atoms with Crippen LogP contribution in [0.4, 0.5) is 0 Å². The van der Waals surface area contributed by atoms with Gasteiger partial charge in [0.1, 0.15) is 0 Å². The van der Waals surface area contributed by atoms with Crippen LogP contribution in [0.2, 0.25) is 0 Å². The van der Waals surface area contributed by atoms with Gasteiger partial charge < -0.3 is 0 Å². The predicted molar refractivity (Wildman–Crippen MR) is 135 cm³/mol. The van der Waals surface area contributed by atoms with Crippen LogP contribution in [0.1, 0.15) is 12.8 Å². The van der Waals surface area contributed by atoms with Crippen LogP contribution < -0.4 is 0 Å². The molecule has 0 unspecified atom stereocenters. The van der Waals surface area contributed by atoms with Crippen molar-refractivity contribution in [1.82, 2.24) is 13.3 Å². The van der Waals surface area contributed by atoms with Gasteiger partial charge in [-0.2, -0.15) is 4.31 Å². The summed E-state index contributed by atoms with van der Waals surface area (Å²) in [5.41, 5.74) is 1.90. The molecule has 0 saturated carbocycles. The Morgan fingerprint density at radius 2 is 1.42 bits per heavy atom. The standard InChI is InChI=1S/C23H20IN3O4S2/c24-22-16-21-20(17-8-10-19(11-9-17)32(28,29)26-14-4-5-15-26)12-13-25-23(21)27(22)33(30,31)18-6-2-1-3-7-18/h1-3,6-13,16H,4-5,14-15H2. The minimum absolute atomic E-state index is 0.184. The van der Waals surface area contributed by atoms with Gasteiger partial charge in [-0.15, -0.1) is 0 Å². The van der Waals surface area contributed by atoms with Crippen molar-refractivity contribution in [3.05, 3.63) is 76.6 Å². The number of pyridine rings is 1. The number of halogens is 1. The first kappa shape index (κ1) is 22.5. The van der Waals surface area contributed by atoms with Crippen molar-refractivity contribution in [3.8, 4) is 11.1 Å². The Kier molecular flexibility index (Phi) is 5.79. The smallest absolute Gasteiger partial charge is 0.237 e. The van der Waals surface area contributed by atoms with Gasteiger partial charge in [0.2, 0.25) is 10.0 Å². The molecule has 2 aromatic carbocycles. The zero-order valence-corrected chi connectivity index (χ0v) is 21.2. The molecule has 10 heteroatoms. The lowest BCUT2D eigenvalue weighted by molar-refractivity contribution is 0.477. The highest BCUT2D eigenvalue weighted by molar-refractivity contribution is 14.1. The van der Waals surface area contributed by atoms with E-state index in [0.29, 0.717) is 27.8 Å². The van der Waals surface area contributed by atoms with E-state index < -0.39 is 20.0 Å². The molecule has 4 aromatic rings. The monoisotopic (exact) mass is 593 g/mol. The highest BCUT2D eigenvalue weighted by atomic mass is 127. The van der Waals surface area contributed by atoms with Crippen molar-refractivity contribution in [2.75, 3.05) is 13.1 Å². The van der Waals surface area contributed by atoms with Gasteiger partial charge >= 0.3 is 0 Å². The number of nitrogens with zero attached hydrogens (tertiary/aromatic N) is 3. The number of aromatic nitrogens is 2. The van der Waals surface area contributed by atoms with E-state index in [1.165, 1.54) is 8.28 Å². The molecular formula is C23H20IN3O4S2. The molecule has 0 radical (unpaired) electrons. The lowest BCUT2D eigenvalue weighted by Gasteiger charge is -2.15. The summed E-state index contributed by atoms with van der Waals surface area (Å²) < 4.78 is 55.6. The van der Waals surface area contributed by atoms with Crippen molar-refractivity contribution in [1.29, 1.82) is 0 Å². The van der Waals surface area contributed by atoms with E-state index in [9.17, 15) is 16.8 Å². The Morgan fingerprint density at radius 1 is 0.788 bits per heavy atom. The molecule has 0 spiro atoms. The molecule has 5 rings (SSSR count). The maximum atomic E-state index is 13.3. The summed E-state index contributed by atoms with van der Waals surface area (Å²) >= 11 is 2.00. The van der Waals surface area contributed by atoms with Crippen LogP contribution >= 0.6 is 22.6 Å². The van der Waals surface area contributed by atoms with Crippen LogP contribution in [0.5, 0.6) is 0 Å². The average Bonchev–Trinajstić information content (AvgIpc) is 3.48. The summed E-state index contributed by atoms with van der Waals surface area (Å²) in [4.78, 5) is 4.81. The number of hydrogen-bond acceptors (Lipinski definition) is 5. The van der Waals surface area contributed by atoms with E-state index in [4.69, 9.17) is 0 Å². The minimum atomic E-state index is -3.83. The van der Waals surface area contributed by atoms with Gasteiger partial charge in [-0.1, -0.05) is 30.3 Å². The molecule has 1 fully saturated rings. The fourth-order valence-corrected chi connectivity index (χ4v) is 8.31. The third-order valence-electron chi connectivity index (χ3n) is 5.77. The van der Waals surface area contributed by atoms with Crippen LogP contribution in [0.3, 0.4) is 0 Å². The second-order valence-electron chi connectivity index (χ2n) is 7.78. The zero-order valence-electron chi connectivity index (χ0n) is 17.4. The molecule has 0 amide bonds. The van der Waals surface area contributed by atoms with E-state index in [-0.39, 0.29) is 9.79 Å². The average molecular weight is 593 g/mol. The highest BCUT2D eigenvalue weighted by Gasteiger charge is 2.27. The fourth-order valence-electron chi connectivity index (χ4n) is 4.11. The summed E-state index contributed by atoms with van der Waals surface area (Å²) in [6, 6.07) is 18.6. The predicted octanol–water partition coefficient (Wildman–Crippen LogP) is 4.33.